The molecule has 1 aromatic carbocycles. The molecule has 0 spiro atoms. The minimum absolute atomic E-state index is 0.0861. The molecule has 0 atom stereocenters. The maximum Gasteiger partial charge on any atom is 0.251 e. The summed E-state index contributed by atoms with van der Waals surface area (Å²) in [6.07, 6.45) is 4.98. The van der Waals surface area contributed by atoms with E-state index < -0.39 is 0 Å². The van der Waals surface area contributed by atoms with Crippen molar-refractivity contribution in [3.05, 3.63) is 52.9 Å². The number of carbonyl (C=O) groups excluding carboxylic acids is 1. The SMILES string of the molecule is O=C(NCCCc1cnoc1)c1ccc(Cl)cc1. The van der Waals surface area contributed by atoms with Gasteiger partial charge in [0.25, 0.3) is 5.91 Å². The molecule has 94 valence electrons. The first-order valence-corrected chi connectivity index (χ1v) is 6.05. The molecule has 0 aliphatic carbocycles. The molecule has 0 bridgehead atoms. The third-order valence-electron chi connectivity index (χ3n) is 2.52. The monoisotopic (exact) mass is 264 g/mol. The van der Waals surface area contributed by atoms with Gasteiger partial charge in [-0.15, -0.1) is 0 Å². The third kappa shape index (κ3) is 3.60. The molecule has 1 heterocycles. The molecule has 18 heavy (non-hydrogen) atoms. The van der Waals surface area contributed by atoms with Crippen LogP contribution in [0.25, 0.3) is 0 Å². The Bertz CT molecular complexity index is 494. The van der Waals surface area contributed by atoms with E-state index in [9.17, 15) is 4.79 Å². The maximum absolute atomic E-state index is 11.7. The van der Waals surface area contributed by atoms with Gasteiger partial charge in [-0.05, 0) is 37.1 Å². The van der Waals surface area contributed by atoms with E-state index in [1.807, 2.05) is 0 Å². The Morgan fingerprint density at radius 2 is 2.11 bits per heavy atom. The Morgan fingerprint density at radius 3 is 2.78 bits per heavy atom. The molecule has 1 amide bonds. The lowest BCUT2D eigenvalue weighted by atomic mass is 10.2. The number of hydrogen-bond donors (Lipinski definition) is 1. The van der Waals surface area contributed by atoms with Crippen molar-refractivity contribution >= 4 is 17.5 Å². The number of amides is 1. The first kappa shape index (κ1) is 12.6. The highest BCUT2D eigenvalue weighted by Gasteiger charge is 2.04. The highest BCUT2D eigenvalue weighted by Crippen LogP contribution is 2.09. The van der Waals surface area contributed by atoms with E-state index in [-0.39, 0.29) is 5.91 Å². The van der Waals surface area contributed by atoms with Gasteiger partial charge >= 0.3 is 0 Å². The first-order valence-electron chi connectivity index (χ1n) is 5.68. The Morgan fingerprint density at radius 1 is 1.33 bits per heavy atom. The van der Waals surface area contributed by atoms with E-state index >= 15 is 0 Å². The summed E-state index contributed by atoms with van der Waals surface area (Å²) in [5, 5.41) is 7.09. The average molecular weight is 265 g/mol. The van der Waals surface area contributed by atoms with Gasteiger partial charge in [0, 0.05) is 22.7 Å². The van der Waals surface area contributed by atoms with Crippen LogP contribution in [0.5, 0.6) is 0 Å². The quantitative estimate of drug-likeness (QED) is 0.845. The molecule has 0 aliphatic heterocycles. The molecule has 0 saturated carbocycles. The molecular formula is C13H13ClN2O2. The highest BCUT2D eigenvalue weighted by molar-refractivity contribution is 6.30. The van der Waals surface area contributed by atoms with E-state index in [1.54, 1.807) is 36.7 Å². The molecule has 2 aromatic rings. The van der Waals surface area contributed by atoms with Crippen LogP contribution < -0.4 is 5.32 Å². The minimum Gasteiger partial charge on any atom is -0.364 e. The number of aromatic nitrogens is 1. The van der Waals surface area contributed by atoms with E-state index in [2.05, 4.69) is 10.5 Å². The van der Waals surface area contributed by atoms with Crippen LogP contribution in [-0.2, 0) is 6.42 Å². The lowest BCUT2D eigenvalue weighted by Gasteiger charge is -2.04. The molecule has 4 nitrogen and oxygen atoms in total. The molecule has 0 unspecified atom stereocenters. The number of hydrogen-bond acceptors (Lipinski definition) is 3. The third-order valence-corrected chi connectivity index (χ3v) is 2.77. The zero-order valence-electron chi connectivity index (χ0n) is 9.73. The van der Waals surface area contributed by atoms with Crippen molar-refractivity contribution in [2.75, 3.05) is 6.54 Å². The van der Waals surface area contributed by atoms with Crippen LogP contribution in [0.2, 0.25) is 5.02 Å². The number of rotatable bonds is 5. The van der Waals surface area contributed by atoms with Crippen molar-refractivity contribution in [2.24, 2.45) is 0 Å². The number of halogens is 1. The van der Waals surface area contributed by atoms with Crippen molar-refractivity contribution in [3.63, 3.8) is 0 Å². The molecule has 0 fully saturated rings. The van der Waals surface area contributed by atoms with E-state index in [0.29, 0.717) is 17.1 Å². The Balaban J connectivity index is 1.73. The Labute approximate surface area is 110 Å². The summed E-state index contributed by atoms with van der Waals surface area (Å²) in [6.45, 7) is 0.618. The lowest BCUT2D eigenvalue weighted by Crippen LogP contribution is -2.24. The van der Waals surface area contributed by atoms with Gasteiger partial charge < -0.3 is 9.84 Å². The summed E-state index contributed by atoms with van der Waals surface area (Å²) < 4.78 is 4.72. The van der Waals surface area contributed by atoms with Gasteiger partial charge in [-0.2, -0.15) is 0 Å². The van der Waals surface area contributed by atoms with Crippen LogP contribution in [0.4, 0.5) is 0 Å². The lowest BCUT2D eigenvalue weighted by molar-refractivity contribution is 0.0953. The van der Waals surface area contributed by atoms with Gasteiger partial charge in [0.2, 0.25) is 0 Å². The first-order chi connectivity index (χ1) is 8.75. The van der Waals surface area contributed by atoms with Crippen molar-refractivity contribution in [1.82, 2.24) is 10.5 Å². The van der Waals surface area contributed by atoms with Crippen LogP contribution in [0.3, 0.4) is 0 Å². The summed E-state index contributed by atoms with van der Waals surface area (Å²) in [7, 11) is 0. The average Bonchev–Trinajstić information content (AvgIpc) is 2.88. The smallest absolute Gasteiger partial charge is 0.251 e. The van der Waals surface area contributed by atoms with Gasteiger partial charge in [0.1, 0.15) is 6.26 Å². The van der Waals surface area contributed by atoms with Gasteiger partial charge in [-0.1, -0.05) is 16.8 Å². The topological polar surface area (TPSA) is 55.1 Å². The fourth-order valence-electron chi connectivity index (χ4n) is 1.55. The second kappa shape index (κ2) is 6.21. The predicted molar refractivity (Wildman–Crippen MR) is 68.6 cm³/mol. The summed E-state index contributed by atoms with van der Waals surface area (Å²) in [5.41, 5.74) is 1.65. The van der Waals surface area contributed by atoms with Gasteiger partial charge in [0.15, 0.2) is 0 Å². The van der Waals surface area contributed by atoms with Gasteiger partial charge in [-0.25, -0.2) is 0 Å². The Kier molecular flexibility index (Phi) is 4.36. The fraction of sp³-hybridized carbons (Fsp3) is 0.231. The molecule has 0 saturated heterocycles. The van der Waals surface area contributed by atoms with E-state index in [4.69, 9.17) is 16.1 Å². The van der Waals surface area contributed by atoms with Gasteiger partial charge in [0.05, 0.1) is 6.20 Å². The summed E-state index contributed by atoms with van der Waals surface area (Å²) in [4.78, 5) is 11.7. The molecule has 0 radical (unpaired) electrons. The zero-order chi connectivity index (χ0) is 12.8. The maximum atomic E-state index is 11.7. The van der Waals surface area contributed by atoms with Crippen LogP contribution in [0.15, 0.2) is 41.2 Å². The molecule has 2 rings (SSSR count). The molecule has 1 aromatic heterocycles. The molecule has 1 N–H and O–H groups in total. The number of carbonyl (C=O) groups is 1. The van der Waals surface area contributed by atoms with Crippen molar-refractivity contribution in [2.45, 2.75) is 12.8 Å². The fourth-order valence-corrected chi connectivity index (χ4v) is 1.67. The number of benzene rings is 1. The number of nitrogens with one attached hydrogen (secondary N) is 1. The standard InChI is InChI=1S/C13H13ClN2O2/c14-12-5-3-11(4-6-12)13(17)15-7-1-2-10-8-16-18-9-10/h3-6,8-9H,1-2,7H2,(H,15,17). The number of aryl methyl sites for hydroxylation is 1. The summed E-state index contributed by atoms with van der Waals surface area (Å²) >= 11 is 5.75. The van der Waals surface area contributed by atoms with E-state index in [0.717, 1.165) is 18.4 Å². The summed E-state index contributed by atoms with van der Waals surface area (Å²) in [5.74, 6) is -0.0861. The van der Waals surface area contributed by atoms with Crippen molar-refractivity contribution < 1.29 is 9.32 Å². The second-order valence-electron chi connectivity index (χ2n) is 3.90. The normalized spacial score (nSPS) is 10.3. The largest absolute Gasteiger partial charge is 0.364 e. The van der Waals surface area contributed by atoms with Crippen LogP contribution in [-0.4, -0.2) is 17.6 Å². The molecule has 5 heteroatoms. The number of nitrogens with zero attached hydrogens (tertiary/aromatic N) is 1. The van der Waals surface area contributed by atoms with E-state index in [1.165, 1.54) is 0 Å². The molecule has 0 aliphatic rings. The zero-order valence-corrected chi connectivity index (χ0v) is 10.5. The highest BCUT2D eigenvalue weighted by atomic mass is 35.5. The van der Waals surface area contributed by atoms with Crippen LogP contribution in [0.1, 0.15) is 22.3 Å². The van der Waals surface area contributed by atoms with Crippen LogP contribution in [0, 0.1) is 0 Å². The predicted octanol–water partition coefficient (Wildman–Crippen LogP) is 2.69. The van der Waals surface area contributed by atoms with Crippen molar-refractivity contribution in [3.8, 4) is 0 Å². The van der Waals surface area contributed by atoms with Gasteiger partial charge in [-0.3, -0.25) is 4.79 Å². The van der Waals surface area contributed by atoms with Crippen molar-refractivity contribution in [1.29, 1.82) is 0 Å². The molecular weight excluding hydrogens is 252 g/mol. The second-order valence-corrected chi connectivity index (χ2v) is 4.34. The van der Waals surface area contributed by atoms with Crippen LogP contribution >= 0.6 is 11.6 Å². The summed E-state index contributed by atoms with van der Waals surface area (Å²) in [6, 6.07) is 6.82. The minimum atomic E-state index is -0.0861. The Hall–Kier alpha value is -1.81.